The molecule has 0 saturated heterocycles. The predicted octanol–water partition coefficient (Wildman–Crippen LogP) is 1.17. The Morgan fingerprint density at radius 1 is 1.20 bits per heavy atom. The van der Waals surface area contributed by atoms with E-state index in [1.54, 1.807) is 4.57 Å². The van der Waals surface area contributed by atoms with E-state index in [0.717, 1.165) is 23.0 Å². The van der Waals surface area contributed by atoms with E-state index in [-0.39, 0.29) is 11.2 Å². The molecule has 1 aliphatic carbocycles. The van der Waals surface area contributed by atoms with Crippen LogP contribution in [0, 0.1) is 0 Å². The van der Waals surface area contributed by atoms with Crippen LogP contribution < -0.4 is 16.6 Å². The first-order chi connectivity index (χ1) is 9.65. The van der Waals surface area contributed by atoms with Crippen molar-refractivity contribution in [3.05, 3.63) is 62.8 Å². The van der Waals surface area contributed by atoms with Gasteiger partial charge in [0, 0.05) is 19.2 Å². The van der Waals surface area contributed by atoms with Crippen molar-refractivity contribution < 1.29 is 0 Å². The van der Waals surface area contributed by atoms with Gasteiger partial charge in [-0.05, 0) is 18.4 Å². The number of hydrogen-bond acceptors (Lipinski definition) is 3. The summed E-state index contributed by atoms with van der Waals surface area (Å²) in [6, 6.07) is 11.7. The highest BCUT2D eigenvalue weighted by Crippen LogP contribution is 2.23. The Kier molecular flexibility index (Phi) is 3.18. The van der Waals surface area contributed by atoms with Crippen molar-refractivity contribution >= 4 is 5.82 Å². The van der Waals surface area contributed by atoms with Crippen molar-refractivity contribution in [1.82, 2.24) is 9.13 Å². The van der Waals surface area contributed by atoms with E-state index < -0.39 is 0 Å². The molecule has 0 radical (unpaired) electrons. The summed E-state index contributed by atoms with van der Waals surface area (Å²) in [5.74, 6) is 0.615. The lowest BCUT2D eigenvalue weighted by Gasteiger charge is -2.15. The molecule has 0 amide bonds. The summed E-state index contributed by atoms with van der Waals surface area (Å²) in [4.78, 5) is 24.1. The van der Waals surface area contributed by atoms with Crippen molar-refractivity contribution in [2.24, 2.45) is 7.05 Å². The highest BCUT2D eigenvalue weighted by atomic mass is 16.2. The van der Waals surface area contributed by atoms with E-state index in [9.17, 15) is 9.59 Å². The second kappa shape index (κ2) is 5.00. The van der Waals surface area contributed by atoms with Crippen molar-refractivity contribution in [2.75, 3.05) is 5.32 Å². The lowest BCUT2D eigenvalue weighted by molar-refractivity contribution is 0.649. The van der Waals surface area contributed by atoms with Crippen LogP contribution >= 0.6 is 0 Å². The zero-order valence-corrected chi connectivity index (χ0v) is 11.4. The molecule has 104 valence electrons. The second-order valence-electron chi connectivity index (χ2n) is 5.20. The molecular weight excluding hydrogens is 254 g/mol. The first-order valence-corrected chi connectivity index (χ1v) is 6.76. The Morgan fingerprint density at radius 3 is 2.55 bits per heavy atom. The lowest BCUT2D eigenvalue weighted by atomic mass is 10.2. The standard InChI is InChI=1S/C15H17N3O2/c1-17-14(19)9-13(16-12-7-8-12)18(15(17)20)10-11-5-3-2-4-6-11/h2-6,9,12,16H,7-8,10H2,1H3. The van der Waals surface area contributed by atoms with Crippen LogP contribution in [0.5, 0.6) is 0 Å². The molecule has 1 fully saturated rings. The molecule has 1 aliphatic rings. The quantitative estimate of drug-likeness (QED) is 0.908. The van der Waals surface area contributed by atoms with Crippen LogP contribution in [-0.2, 0) is 13.6 Å². The fourth-order valence-corrected chi connectivity index (χ4v) is 2.15. The number of hydrogen-bond donors (Lipinski definition) is 1. The van der Waals surface area contributed by atoms with E-state index in [1.165, 1.54) is 13.1 Å². The van der Waals surface area contributed by atoms with Crippen LogP contribution in [-0.4, -0.2) is 15.2 Å². The molecule has 2 aromatic rings. The minimum Gasteiger partial charge on any atom is -0.368 e. The number of benzene rings is 1. The van der Waals surface area contributed by atoms with Gasteiger partial charge >= 0.3 is 5.69 Å². The highest BCUT2D eigenvalue weighted by molar-refractivity contribution is 5.38. The summed E-state index contributed by atoms with van der Waals surface area (Å²) in [5, 5.41) is 3.26. The highest BCUT2D eigenvalue weighted by Gasteiger charge is 2.23. The number of aromatic nitrogens is 2. The maximum Gasteiger partial charge on any atom is 0.332 e. The average Bonchev–Trinajstić information content (AvgIpc) is 3.26. The van der Waals surface area contributed by atoms with Gasteiger partial charge in [0.15, 0.2) is 0 Å². The maximum absolute atomic E-state index is 12.3. The molecule has 3 rings (SSSR count). The molecule has 5 heteroatoms. The van der Waals surface area contributed by atoms with Gasteiger partial charge in [0.1, 0.15) is 5.82 Å². The second-order valence-corrected chi connectivity index (χ2v) is 5.20. The molecule has 5 nitrogen and oxygen atoms in total. The Morgan fingerprint density at radius 2 is 1.90 bits per heavy atom. The summed E-state index contributed by atoms with van der Waals surface area (Å²) in [5.41, 5.74) is 0.471. The first-order valence-electron chi connectivity index (χ1n) is 6.76. The smallest absolute Gasteiger partial charge is 0.332 e. The minimum absolute atomic E-state index is 0.275. The fourth-order valence-electron chi connectivity index (χ4n) is 2.15. The number of rotatable bonds is 4. The van der Waals surface area contributed by atoms with Gasteiger partial charge in [-0.3, -0.25) is 13.9 Å². The average molecular weight is 271 g/mol. The Hall–Kier alpha value is -2.30. The molecule has 0 spiro atoms. The summed E-state index contributed by atoms with van der Waals surface area (Å²) in [7, 11) is 1.51. The Balaban J connectivity index is 2.04. The number of nitrogens with zero attached hydrogens (tertiary/aromatic N) is 2. The fraction of sp³-hybridized carbons (Fsp3) is 0.333. The van der Waals surface area contributed by atoms with Crippen molar-refractivity contribution in [1.29, 1.82) is 0 Å². The van der Waals surface area contributed by atoms with Gasteiger partial charge in [-0.1, -0.05) is 30.3 Å². The normalized spacial score (nSPS) is 14.2. The lowest BCUT2D eigenvalue weighted by Crippen LogP contribution is -2.39. The van der Waals surface area contributed by atoms with Crippen LogP contribution in [0.2, 0.25) is 0 Å². The van der Waals surface area contributed by atoms with Gasteiger partial charge in [-0.2, -0.15) is 0 Å². The van der Waals surface area contributed by atoms with Crippen molar-refractivity contribution in [3.63, 3.8) is 0 Å². The van der Waals surface area contributed by atoms with Gasteiger partial charge in [0.2, 0.25) is 0 Å². The van der Waals surface area contributed by atoms with Crippen LogP contribution in [0.15, 0.2) is 46.0 Å². The summed E-state index contributed by atoms with van der Waals surface area (Å²) >= 11 is 0. The van der Waals surface area contributed by atoms with Crippen molar-refractivity contribution in [2.45, 2.75) is 25.4 Å². The Bertz CT molecular complexity index is 727. The Labute approximate surface area is 116 Å². The van der Waals surface area contributed by atoms with Crippen LogP contribution in [0.25, 0.3) is 0 Å². The summed E-state index contributed by atoms with van der Waals surface area (Å²) in [6.45, 7) is 0.461. The molecule has 1 aromatic heterocycles. The van der Waals surface area contributed by atoms with E-state index >= 15 is 0 Å². The molecule has 1 N–H and O–H groups in total. The molecule has 0 bridgehead atoms. The number of anilines is 1. The molecular formula is C15H17N3O2. The van der Waals surface area contributed by atoms with Crippen molar-refractivity contribution in [3.8, 4) is 0 Å². The van der Waals surface area contributed by atoms with Crippen LogP contribution in [0.3, 0.4) is 0 Å². The van der Waals surface area contributed by atoms with E-state index in [1.807, 2.05) is 30.3 Å². The van der Waals surface area contributed by atoms with Gasteiger partial charge in [-0.15, -0.1) is 0 Å². The molecule has 1 heterocycles. The number of nitrogens with one attached hydrogen (secondary N) is 1. The maximum atomic E-state index is 12.3. The van der Waals surface area contributed by atoms with Gasteiger partial charge in [0.25, 0.3) is 5.56 Å². The SMILES string of the molecule is Cn1c(=O)cc(NC2CC2)n(Cc2ccccc2)c1=O. The summed E-state index contributed by atoms with van der Waals surface area (Å²) < 4.78 is 2.76. The van der Waals surface area contributed by atoms with Gasteiger partial charge in [-0.25, -0.2) is 4.79 Å². The van der Waals surface area contributed by atoms with E-state index in [4.69, 9.17) is 0 Å². The van der Waals surface area contributed by atoms with Crippen LogP contribution in [0.1, 0.15) is 18.4 Å². The monoisotopic (exact) mass is 271 g/mol. The molecule has 1 saturated carbocycles. The third-order valence-electron chi connectivity index (χ3n) is 3.51. The topological polar surface area (TPSA) is 56.0 Å². The summed E-state index contributed by atoms with van der Waals surface area (Å²) in [6.07, 6.45) is 2.18. The zero-order chi connectivity index (χ0) is 14.1. The van der Waals surface area contributed by atoms with E-state index in [2.05, 4.69) is 5.32 Å². The molecule has 0 aliphatic heterocycles. The largest absolute Gasteiger partial charge is 0.368 e. The predicted molar refractivity (Wildman–Crippen MR) is 78.1 cm³/mol. The molecule has 0 unspecified atom stereocenters. The first kappa shape index (κ1) is 12.7. The third kappa shape index (κ3) is 2.52. The van der Waals surface area contributed by atoms with E-state index in [0.29, 0.717) is 18.4 Å². The van der Waals surface area contributed by atoms with Crippen LogP contribution in [0.4, 0.5) is 5.82 Å². The minimum atomic E-state index is -0.287. The van der Waals surface area contributed by atoms with Gasteiger partial charge in [0.05, 0.1) is 6.54 Å². The third-order valence-corrected chi connectivity index (χ3v) is 3.51. The molecule has 1 aromatic carbocycles. The van der Waals surface area contributed by atoms with Gasteiger partial charge < -0.3 is 5.32 Å². The molecule has 20 heavy (non-hydrogen) atoms. The molecule has 0 atom stereocenters. The zero-order valence-electron chi connectivity index (χ0n) is 11.4.